The molecule has 0 amide bonds. The molecular weight excluding hydrogens is 315 g/mol. The number of hydrogen-bond acceptors (Lipinski definition) is 3. The molecule has 0 aliphatic heterocycles. The number of pyridine rings is 1. The fraction of sp³-hybridized carbons (Fsp3) is 0.0769. The monoisotopic (exact) mass is 324 g/mol. The minimum atomic E-state index is -1.23. The second-order valence-electron chi connectivity index (χ2n) is 3.94. The van der Waals surface area contributed by atoms with Crippen molar-refractivity contribution in [3.8, 4) is 0 Å². The molecule has 1 aromatic carbocycles. The van der Waals surface area contributed by atoms with Crippen molar-refractivity contribution < 1.29 is 14.3 Å². The fourth-order valence-electron chi connectivity index (χ4n) is 1.60. The lowest BCUT2D eigenvalue weighted by Crippen LogP contribution is -2.06. The van der Waals surface area contributed by atoms with Gasteiger partial charge in [-0.1, -0.05) is 15.9 Å². The first-order valence-electron chi connectivity index (χ1n) is 5.39. The number of nitrogens with zero attached hydrogens (tertiary/aromatic N) is 1. The predicted molar refractivity (Wildman–Crippen MR) is 73.3 cm³/mol. The summed E-state index contributed by atoms with van der Waals surface area (Å²) in [6.07, 6.45) is 0.975. The average Bonchev–Trinajstić information content (AvgIpc) is 2.34. The van der Waals surface area contributed by atoms with E-state index in [1.807, 2.05) is 19.1 Å². The van der Waals surface area contributed by atoms with Crippen molar-refractivity contribution in [3.63, 3.8) is 0 Å². The second kappa shape index (κ2) is 5.36. The van der Waals surface area contributed by atoms with Crippen LogP contribution in [0.4, 0.5) is 15.9 Å². The Bertz CT molecular complexity index is 647. The van der Waals surface area contributed by atoms with Crippen LogP contribution in [-0.2, 0) is 0 Å². The Morgan fingerprint density at radius 3 is 2.79 bits per heavy atom. The van der Waals surface area contributed by atoms with E-state index in [9.17, 15) is 9.18 Å². The summed E-state index contributed by atoms with van der Waals surface area (Å²) < 4.78 is 13.9. The minimum absolute atomic E-state index is 0.110. The number of carbonyl (C=O) groups is 1. The third-order valence-corrected chi connectivity index (χ3v) is 3.02. The molecule has 2 aromatic rings. The van der Waals surface area contributed by atoms with Crippen molar-refractivity contribution in [2.24, 2.45) is 0 Å². The number of benzene rings is 1. The summed E-state index contributed by atoms with van der Waals surface area (Å²) in [7, 11) is 0. The van der Waals surface area contributed by atoms with Crippen LogP contribution in [0.5, 0.6) is 0 Å². The molecule has 0 aliphatic rings. The molecule has 98 valence electrons. The molecule has 0 unspecified atom stereocenters. The molecule has 1 heterocycles. The van der Waals surface area contributed by atoms with Crippen LogP contribution in [0.25, 0.3) is 0 Å². The van der Waals surface area contributed by atoms with E-state index < -0.39 is 11.8 Å². The van der Waals surface area contributed by atoms with Crippen LogP contribution in [0.15, 0.2) is 34.9 Å². The Labute approximate surface area is 117 Å². The zero-order valence-corrected chi connectivity index (χ0v) is 11.5. The van der Waals surface area contributed by atoms with Gasteiger partial charge in [-0.25, -0.2) is 14.2 Å². The molecule has 6 heteroatoms. The van der Waals surface area contributed by atoms with Gasteiger partial charge in [0.2, 0.25) is 0 Å². The van der Waals surface area contributed by atoms with E-state index in [1.54, 1.807) is 6.07 Å². The zero-order chi connectivity index (χ0) is 14.0. The highest BCUT2D eigenvalue weighted by Gasteiger charge is 2.13. The summed E-state index contributed by atoms with van der Waals surface area (Å²) in [5.74, 6) is -1.81. The van der Waals surface area contributed by atoms with Crippen LogP contribution >= 0.6 is 15.9 Å². The summed E-state index contributed by atoms with van der Waals surface area (Å²) in [5.41, 5.74) is 1.42. The molecule has 0 radical (unpaired) electrons. The standard InChI is InChI=1S/C13H10BrFN2O2/c1-7-4-8(14)2-3-11(7)17-12-10(13(18)19)5-9(15)6-16-12/h2-6H,1H3,(H,16,17)(H,18,19). The van der Waals surface area contributed by atoms with Gasteiger partial charge in [0, 0.05) is 10.2 Å². The minimum Gasteiger partial charge on any atom is -0.478 e. The highest BCUT2D eigenvalue weighted by atomic mass is 79.9. The molecule has 19 heavy (non-hydrogen) atoms. The van der Waals surface area contributed by atoms with Crippen molar-refractivity contribution >= 4 is 33.4 Å². The van der Waals surface area contributed by atoms with Gasteiger partial charge in [-0.3, -0.25) is 0 Å². The Balaban J connectivity index is 2.40. The Hall–Kier alpha value is -1.95. The molecule has 2 rings (SSSR count). The summed E-state index contributed by atoms with van der Waals surface area (Å²) in [6.45, 7) is 1.87. The highest BCUT2D eigenvalue weighted by Crippen LogP contribution is 2.24. The number of aromatic carboxylic acids is 1. The van der Waals surface area contributed by atoms with E-state index in [0.717, 1.165) is 22.3 Å². The number of hydrogen-bond donors (Lipinski definition) is 2. The summed E-state index contributed by atoms with van der Waals surface area (Å²) in [6, 6.07) is 6.42. The topological polar surface area (TPSA) is 62.2 Å². The quantitative estimate of drug-likeness (QED) is 0.902. The maximum absolute atomic E-state index is 13.0. The lowest BCUT2D eigenvalue weighted by Gasteiger charge is -2.11. The molecule has 0 fully saturated rings. The van der Waals surface area contributed by atoms with E-state index in [-0.39, 0.29) is 11.4 Å². The molecule has 4 nitrogen and oxygen atoms in total. The highest BCUT2D eigenvalue weighted by molar-refractivity contribution is 9.10. The van der Waals surface area contributed by atoms with E-state index in [0.29, 0.717) is 5.69 Å². The third-order valence-electron chi connectivity index (χ3n) is 2.53. The van der Waals surface area contributed by atoms with Crippen molar-refractivity contribution in [2.45, 2.75) is 6.92 Å². The van der Waals surface area contributed by atoms with Gasteiger partial charge in [-0.05, 0) is 36.8 Å². The van der Waals surface area contributed by atoms with Crippen molar-refractivity contribution in [2.75, 3.05) is 5.32 Å². The smallest absolute Gasteiger partial charge is 0.339 e. The SMILES string of the molecule is Cc1cc(Br)ccc1Nc1ncc(F)cc1C(=O)O. The molecule has 0 aliphatic carbocycles. The molecule has 0 bridgehead atoms. The van der Waals surface area contributed by atoms with Crippen LogP contribution in [0.3, 0.4) is 0 Å². The molecule has 0 atom stereocenters. The van der Waals surface area contributed by atoms with Gasteiger partial charge in [0.25, 0.3) is 0 Å². The zero-order valence-electron chi connectivity index (χ0n) is 9.95. The molecule has 1 aromatic heterocycles. The number of nitrogens with one attached hydrogen (secondary N) is 1. The Morgan fingerprint density at radius 2 is 2.16 bits per heavy atom. The predicted octanol–water partition coefficient (Wildman–Crippen LogP) is 3.73. The van der Waals surface area contributed by atoms with Crippen LogP contribution < -0.4 is 5.32 Å². The summed E-state index contributed by atoms with van der Waals surface area (Å²) in [4.78, 5) is 14.8. The van der Waals surface area contributed by atoms with Crippen LogP contribution in [0.2, 0.25) is 0 Å². The van der Waals surface area contributed by atoms with Crippen LogP contribution in [0, 0.1) is 12.7 Å². The fourth-order valence-corrected chi connectivity index (χ4v) is 2.07. The van der Waals surface area contributed by atoms with Gasteiger partial charge in [0.05, 0.1) is 6.20 Å². The average molecular weight is 325 g/mol. The normalized spacial score (nSPS) is 10.3. The maximum atomic E-state index is 13.0. The summed E-state index contributed by atoms with van der Waals surface area (Å²) >= 11 is 3.34. The number of anilines is 2. The van der Waals surface area contributed by atoms with Crippen LogP contribution in [0.1, 0.15) is 15.9 Å². The van der Waals surface area contributed by atoms with Gasteiger partial charge in [-0.2, -0.15) is 0 Å². The first-order valence-corrected chi connectivity index (χ1v) is 6.18. The molecule has 2 N–H and O–H groups in total. The van der Waals surface area contributed by atoms with Gasteiger partial charge in [-0.15, -0.1) is 0 Å². The van der Waals surface area contributed by atoms with Gasteiger partial charge >= 0.3 is 5.97 Å². The number of aromatic nitrogens is 1. The summed E-state index contributed by atoms with van der Waals surface area (Å²) in [5, 5.41) is 11.9. The van der Waals surface area contributed by atoms with Crippen molar-refractivity contribution in [3.05, 3.63) is 51.9 Å². The molecule has 0 saturated heterocycles. The van der Waals surface area contributed by atoms with E-state index in [1.165, 1.54) is 0 Å². The van der Waals surface area contributed by atoms with Gasteiger partial charge < -0.3 is 10.4 Å². The first kappa shape index (κ1) is 13.5. The molecular formula is C13H10BrFN2O2. The molecule has 0 saturated carbocycles. The number of halogens is 2. The third kappa shape index (κ3) is 3.08. The van der Waals surface area contributed by atoms with E-state index in [4.69, 9.17) is 5.11 Å². The van der Waals surface area contributed by atoms with Gasteiger partial charge in [0.15, 0.2) is 0 Å². The maximum Gasteiger partial charge on any atom is 0.339 e. The second-order valence-corrected chi connectivity index (χ2v) is 4.85. The van der Waals surface area contributed by atoms with Crippen LogP contribution in [-0.4, -0.2) is 16.1 Å². The van der Waals surface area contributed by atoms with Crippen molar-refractivity contribution in [1.29, 1.82) is 0 Å². The van der Waals surface area contributed by atoms with Gasteiger partial charge in [0.1, 0.15) is 17.2 Å². The Kier molecular flexibility index (Phi) is 3.80. The largest absolute Gasteiger partial charge is 0.478 e. The van der Waals surface area contributed by atoms with E-state index in [2.05, 4.69) is 26.2 Å². The van der Waals surface area contributed by atoms with E-state index >= 15 is 0 Å². The molecule has 0 spiro atoms. The number of aryl methyl sites for hydroxylation is 1. The number of rotatable bonds is 3. The lowest BCUT2D eigenvalue weighted by molar-refractivity contribution is 0.0697. The first-order chi connectivity index (χ1) is 8.97. The number of carboxylic acids is 1. The lowest BCUT2D eigenvalue weighted by atomic mass is 10.2. The van der Waals surface area contributed by atoms with Crippen molar-refractivity contribution in [1.82, 2.24) is 4.98 Å². The number of carboxylic acid groups (broad SMARTS) is 1. The Morgan fingerprint density at radius 1 is 1.42 bits per heavy atom.